The summed E-state index contributed by atoms with van der Waals surface area (Å²) >= 11 is 5.46. The van der Waals surface area contributed by atoms with Crippen LogP contribution in [0.4, 0.5) is 0 Å². The van der Waals surface area contributed by atoms with Crippen LogP contribution in [0.5, 0.6) is 0 Å². The van der Waals surface area contributed by atoms with Gasteiger partial charge in [-0.2, -0.15) is 0 Å². The van der Waals surface area contributed by atoms with Crippen molar-refractivity contribution in [3.8, 4) is 0 Å². The number of allylic oxidation sites excluding steroid dienone is 2. The first kappa shape index (κ1) is 23.9. The van der Waals surface area contributed by atoms with E-state index in [9.17, 15) is 10.2 Å². The zero-order valence-corrected chi connectivity index (χ0v) is 16.7. The molecule has 0 unspecified atom stereocenters. The van der Waals surface area contributed by atoms with E-state index in [1.54, 1.807) is 0 Å². The SMILES string of the molecule is CCCCCCCC/C=C\CCCCCCCCCC(O)(O)CCl. The van der Waals surface area contributed by atoms with Crippen molar-refractivity contribution in [2.24, 2.45) is 0 Å². The highest BCUT2D eigenvalue weighted by molar-refractivity contribution is 6.18. The van der Waals surface area contributed by atoms with Crippen molar-refractivity contribution in [2.45, 2.75) is 115 Å². The van der Waals surface area contributed by atoms with Gasteiger partial charge in [-0.3, -0.25) is 0 Å². The van der Waals surface area contributed by atoms with E-state index in [2.05, 4.69) is 19.1 Å². The predicted octanol–water partition coefficient (Wildman–Crippen LogP) is 6.72. The Morgan fingerprint density at radius 3 is 1.54 bits per heavy atom. The van der Waals surface area contributed by atoms with E-state index in [0.717, 1.165) is 12.8 Å². The highest BCUT2D eigenvalue weighted by Crippen LogP contribution is 2.15. The van der Waals surface area contributed by atoms with Crippen molar-refractivity contribution in [1.29, 1.82) is 0 Å². The monoisotopic (exact) mass is 360 g/mol. The minimum absolute atomic E-state index is 0.0978. The standard InChI is InChI=1S/C21H41ClO2/c1-2-3-4-5-6-7-8-9-10-11-12-13-14-15-16-17-18-19-21(23,24)20-22/h9-10,23-24H,2-8,11-20H2,1H3/b10-9-. The number of unbranched alkanes of at least 4 members (excludes halogenated alkanes) is 13. The maximum absolute atomic E-state index is 9.37. The van der Waals surface area contributed by atoms with Gasteiger partial charge in [-0.05, 0) is 32.1 Å². The quantitative estimate of drug-likeness (QED) is 0.123. The summed E-state index contributed by atoms with van der Waals surface area (Å²) in [6.45, 7) is 2.27. The fourth-order valence-electron chi connectivity index (χ4n) is 2.90. The molecule has 0 spiro atoms. The van der Waals surface area contributed by atoms with E-state index >= 15 is 0 Å². The third-order valence-electron chi connectivity index (χ3n) is 4.55. The summed E-state index contributed by atoms with van der Waals surface area (Å²) in [7, 11) is 0. The molecular formula is C21H41ClO2. The van der Waals surface area contributed by atoms with Crippen LogP contribution in [-0.2, 0) is 0 Å². The van der Waals surface area contributed by atoms with Crippen LogP contribution in [0.2, 0.25) is 0 Å². The normalized spacial score (nSPS) is 12.3. The first-order chi connectivity index (χ1) is 11.6. The molecule has 0 rings (SSSR count). The van der Waals surface area contributed by atoms with E-state index in [4.69, 9.17) is 11.6 Å². The fraction of sp³-hybridized carbons (Fsp3) is 0.905. The van der Waals surface area contributed by atoms with Crippen molar-refractivity contribution in [3.63, 3.8) is 0 Å². The second-order valence-corrected chi connectivity index (χ2v) is 7.42. The number of aliphatic hydroxyl groups is 2. The Labute approximate surface area is 155 Å². The zero-order valence-electron chi connectivity index (χ0n) is 15.9. The van der Waals surface area contributed by atoms with Crippen LogP contribution in [-0.4, -0.2) is 21.9 Å². The lowest BCUT2D eigenvalue weighted by Gasteiger charge is -2.17. The molecule has 0 aromatic heterocycles. The molecule has 0 atom stereocenters. The molecule has 0 aliphatic heterocycles. The van der Waals surface area contributed by atoms with Gasteiger partial charge in [0, 0.05) is 6.42 Å². The molecule has 0 bridgehead atoms. The van der Waals surface area contributed by atoms with Crippen LogP contribution in [0.25, 0.3) is 0 Å². The Bertz CT molecular complexity index is 277. The van der Waals surface area contributed by atoms with Crippen LogP contribution in [0, 0.1) is 0 Å². The molecule has 0 aliphatic carbocycles. The molecule has 0 fully saturated rings. The third kappa shape index (κ3) is 18.3. The number of hydrogen-bond donors (Lipinski definition) is 2. The third-order valence-corrected chi connectivity index (χ3v) is 4.98. The first-order valence-electron chi connectivity index (χ1n) is 10.3. The Morgan fingerprint density at radius 1 is 0.667 bits per heavy atom. The van der Waals surface area contributed by atoms with Crippen LogP contribution < -0.4 is 0 Å². The molecule has 0 aliphatic rings. The van der Waals surface area contributed by atoms with Crippen molar-refractivity contribution in [3.05, 3.63) is 12.2 Å². The van der Waals surface area contributed by atoms with Gasteiger partial charge in [0.05, 0.1) is 5.88 Å². The van der Waals surface area contributed by atoms with Gasteiger partial charge in [-0.15, -0.1) is 11.6 Å². The highest BCUT2D eigenvalue weighted by Gasteiger charge is 2.19. The first-order valence-corrected chi connectivity index (χ1v) is 10.8. The lowest BCUT2D eigenvalue weighted by molar-refractivity contribution is -0.147. The predicted molar refractivity (Wildman–Crippen MR) is 107 cm³/mol. The van der Waals surface area contributed by atoms with Crippen LogP contribution in [0.1, 0.15) is 110 Å². The maximum atomic E-state index is 9.37. The minimum atomic E-state index is -1.66. The molecule has 0 heterocycles. The molecule has 3 heteroatoms. The second kappa shape index (κ2) is 17.8. The summed E-state index contributed by atoms with van der Waals surface area (Å²) in [5.41, 5.74) is 0. The molecular weight excluding hydrogens is 320 g/mol. The van der Waals surface area contributed by atoms with Crippen molar-refractivity contribution in [2.75, 3.05) is 5.88 Å². The Hall–Kier alpha value is -0.0500. The van der Waals surface area contributed by atoms with Crippen LogP contribution in [0.3, 0.4) is 0 Å². The average molecular weight is 361 g/mol. The Morgan fingerprint density at radius 2 is 1.08 bits per heavy atom. The van der Waals surface area contributed by atoms with Gasteiger partial charge >= 0.3 is 0 Å². The lowest BCUT2D eigenvalue weighted by Crippen LogP contribution is -2.29. The van der Waals surface area contributed by atoms with E-state index < -0.39 is 5.79 Å². The summed E-state index contributed by atoms with van der Waals surface area (Å²) in [6, 6.07) is 0. The summed E-state index contributed by atoms with van der Waals surface area (Å²) in [4.78, 5) is 0. The second-order valence-electron chi connectivity index (χ2n) is 7.16. The van der Waals surface area contributed by atoms with Gasteiger partial charge in [0.2, 0.25) is 0 Å². The van der Waals surface area contributed by atoms with Crippen molar-refractivity contribution in [1.82, 2.24) is 0 Å². The molecule has 0 aromatic rings. The van der Waals surface area contributed by atoms with E-state index in [0.29, 0.717) is 6.42 Å². The van der Waals surface area contributed by atoms with Gasteiger partial charge in [-0.1, -0.05) is 83.3 Å². The summed E-state index contributed by atoms with van der Waals surface area (Å²) in [5.74, 6) is -1.76. The largest absolute Gasteiger partial charge is 0.365 e. The van der Waals surface area contributed by atoms with Gasteiger partial charge in [0.15, 0.2) is 5.79 Å². The maximum Gasteiger partial charge on any atom is 0.176 e. The minimum Gasteiger partial charge on any atom is -0.365 e. The molecule has 24 heavy (non-hydrogen) atoms. The van der Waals surface area contributed by atoms with Gasteiger partial charge < -0.3 is 10.2 Å². The number of alkyl halides is 1. The Kier molecular flexibility index (Phi) is 17.7. The lowest BCUT2D eigenvalue weighted by atomic mass is 10.0. The molecule has 0 saturated heterocycles. The summed E-state index contributed by atoms with van der Waals surface area (Å²) < 4.78 is 0. The van der Waals surface area contributed by atoms with Crippen molar-refractivity contribution < 1.29 is 10.2 Å². The smallest absolute Gasteiger partial charge is 0.176 e. The summed E-state index contributed by atoms with van der Waals surface area (Å²) in [6.07, 6.45) is 24.2. The van der Waals surface area contributed by atoms with Crippen molar-refractivity contribution >= 4 is 11.6 Å². The molecule has 144 valence electrons. The number of rotatable bonds is 18. The Balaban J connectivity index is 3.15. The fourth-order valence-corrected chi connectivity index (χ4v) is 3.03. The molecule has 0 amide bonds. The van der Waals surface area contributed by atoms with Crippen LogP contribution in [0.15, 0.2) is 12.2 Å². The molecule has 0 saturated carbocycles. The van der Waals surface area contributed by atoms with E-state index in [-0.39, 0.29) is 5.88 Å². The average Bonchev–Trinajstić information content (AvgIpc) is 2.57. The topological polar surface area (TPSA) is 40.5 Å². The van der Waals surface area contributed by atoms with Gasteiger partial charge in [0.1, 0.15) is 0 Å². The molecule has 0 aromatic carbocycles. The number of halogens is 1. The zero-order chi connectivity index (χ0) is 17.9. The molecule has 0 radical (unpaired) electrons. The molecule has 2 N–H and O–H groups in total. The van der Waals surface area contributed by atoms with Gasteiger partial charge in [0.25, 0.3) is 0 Å². The summed E-state index contributed by atoms with van der Waals surface area (Å²) in [5, 5.41) is 18.7. The van der Waals surface area contributed by atoms with Gasteiger partial charge in [-0.25, -0.2) is 0 Å². The van der Waals surface area contributed by atoms with E-state index in [1.807, 2.05) is 0 Å². The molecule has 2 nitrogen and oxygen atoms in total. The highest BCUT2D eigenvalue weighted by atomic mass is 35.5. The van der Waals surface area contributed by atoms with E-state index in [1.165, 1.54) is 83.5 Å². The van der Waals surface area contributed by atoms with Crippen LogP contribution >= 0.6 is 11.6 Å². The number of hydrogen-bond acceptors (Lipinski definition) is 2.